The first-order valence-electron chi connectivity index (χ1n) is 9.36. The van der Waals surface area contributed by atoms with E-state index in [1.165, 1.54) is 0 Å². The smallest absolute Gasteiger partial charge is 0.223 e. The lowest BCUT2D eigenvalue weighted by atomic mass is 9.99. The highest BCUT2D eigenvalue weighted by molar-refractivity contribution is 5.76. The molecule has 1 amide bonds. The van der Waals surface area contributed by atoms with Crippen molar-refractivity contribution in [3.63, 3.8) is 0 Å². The third-order valence-corrected chi connectivity index (χ3v) is 5.10. The zero-order valence-corrected chi connectivity index (χ0v) is 15.5. The highest BCUT2D eigenvalue weighted by atomic mass is 16.2. The van der Waals surface area contributed by atoms with E-state index in [-0.39, 0.29) is 5.91 Å². The summed E-state index contributed by atoms with van der Waals surface area (Å²) in [6, 6.07) is 3.91. The molecular weight excluding hydrogens is 316 g/mol. The van der Waals surface area contributed by atoms with E-state index in [1.807, 2.05) is 17.0 Å². The van der Waals surface area contributed by atoms with Gasteiger partial charge in [0, 0.05) is 39.0 Å². The Kier molecular flexibility index (Phi) is 5.50. The second kappa shape index (κ2) is 7.80. The number of rotatable bonds is 6. The molecule has 0 unspecified atom stereocenters. The SMILES string of the molecule is CCN(CC)c1ccc2nnc(CCC(=O)N3CCC(C)CC3)n2n1. The Labute approximate surface area is 149 Å². The topological polar surface area (TPSA) is 66.6 Å². The van der Waals surface area contributed by atoms with E-state index in [9.17, 15) is 4.79 Å². The Hall–Kier alpha value is -2.18. The average molecular weight is 344 g/mol. The van der Waals surface area contributed by atoms with Gasteiger partial charge < -0.3 is 9.80 Å². The number of hydrogen-bond donors (Lipinski definition) is 0. The van der Waals surface area contributed by atoms with Gasteiger partial charge in [-0.2, -0.15) is 4.52 Å². The predicted molar refractivity (Wildman–Crippen MR) is 97.6 cm³/mol. The van der Waals surface area contributed by atoms with Crippen LogP contribution in [-0.4, -0.2) is 56.8 Å². The predicted octanol–water partition coefficient (Wildman–Crippen LogP) is 2.16. The molecule has 3 rings (SSSR count). The van der Waals surface area contributed by atoms with Gasteiger partial charge in [-0.05, 0) is 44.7 Å². The number of carbonyl (C=O) groups excluding carboxylic acids is 1. The number of aromatic nitrogens is 4. The summed E-state index contributed by atoms with van der Waals surface area (Å²) in [6.45, 7) is 10.0. The molecule has 7 nitrogen and oxygen atoms in total. The monoisotopic (exact) mass is 344 g/mol. The molecule has 0 atom stereocenters. The molecule has 1 aliphatic rings. The minimum absolute atomic E-state index is 0.212. The van der Waals surface area contributed by atoms with Gasteiger partial charge in [0.15, 0.2) is 11.5 Å². The Morgan fingerprint density at radius 3 is 2.60 bits per heavy atom. The fraction of sp³-hybridized carbons (Fsp3) is 0.667. The maximum atomic E-state index is 12.4. The first kappa shape index (κ1) is 17.6. The Bertz CT molecular complexity index is 715. The first-order chi connectivity index (χ1) is 12.1. The van der Waals surface area contributed by atoms with Gasteiger partial charge in [-0.3, -0.25) is 4.79 Å². The maximum Gasteiger partial charge on any atom is 0.223 e. The summed E-state index contributed by atoms with van der Waals surface area (Å²) in [5.74, 6) is 2.60. The molecule has 2 aromatic rings. The third-order valence-electron chi connectivity index (χ3n) is 5.10. The molecule has 0 saturated carbocycles. The normalized spacial score (nSPS) is 15.7. The van der Waals surface area contributed by atoms with Crippen molar-refractivity contribution < 1.29 is 4.79 Å². The van der Waals surface area contributed by atoms with Crippen LogP contribution in [0.5, 0.6) is 0 Å². The minimum atomic E-state index is 0.212. The Balaban J connectivity index is 1.68. The first-order valence-corrected chi connectivity index (χ1v) is 9.36. The lowest BCUT2D eigenvalue weighted by Crippen LogP contribution is -2.38. The summed E-state index contributed by atoms with van der Waals surface area (Å²) in [5.41, 5.74) is 0.727. The number of piperidine rings is 1. The van der Waals surface area contributed by atoms with Crippen LogP contribution < -0.4 is 4.90 Å². The van der Waals surface area contributed by atoms with Crippen LogP contribution >= 0.6 is 0 Å². The molecule has 3 heterocycles. The quantitative estimate of drug-likeness (QED) is 0.803. The van der Waals surface area contributed by atoms with E-state index < -0.39 is 0 Å². The molecule has 25 heavy (non-hydrogen) atoms. The Morgan fingerprint density at radius 1 is 1.20 bits per heavy atom. The van der Waals surface area contributed by atoms with Gasteiger partial charge in [0.25, 0.3) is 0 Å². The Morgan fingerprint density at radius 2 is 1.92 bits per heavy atom. The van der Waals surface area contributed by atoms with Gasteiger partial charge in [0.05, 0.1) is 0 Å². The number of anilines is 1. The number of carbonyl (C=O) groups is 1. The minimum Gasteiger partial charge on any atom is -0.356 e. The summed E-state index contributed by atoms with van der Waals surface area (Å²) in [5, 5.41) is 13.1. The van der Waals surface area contributed by atoms with Crippen LogP contribution in [0.3, 0.4) is 0 Å². The number of nitrogens with zero attached hydrogens (tertiary/aromatic N) is 6. The van der Waals surface area contributed by atoms with Gasteiger partial charge in [0.2, 0.25) is 5.91 Å². The van der Waals surface area contributed by atoms with Crippen LogP contribution in [-0.2, 0) is 11.2 Å². The molecule has 0 aromatic carbocycles. The standard InChI is InChI=1S/C18H28N6O/c1-4-22(5-2)17-7-6-15-19-20-16(24(15)21-17)8-9-18(25)23-12-10-14(3)11-13-23/h6-7,14H,4-5,8-13H2,1-3H3. The number of likely N-dealkylation sites (tertiary alicyclic amines) is 1. The van der Waals surface area contributed by atoms with Crippen molar-refractivity contribution >= 4 is 17.4 Å². The maximum absolute atomic E-state index is 12.4. The molecule has 2 aromatic heterocycles. The molecule has 1 saturated heterocycles. The van der Waals surface area contributed by atoms with Crippen LogP contribution in [0, 0.1) is 5.92 Å². The van der Waals surface area contributed by atoms with Crippen molar-refractivity contribution in [2.45, 2.75) is 46.5 Å². The molecule has 7 heteroatoms. The molecule has 1 fully saturated rings. The molecular formula is C18H28N6O. The van der Waals surface area contributed by atoms with Gasteiger partial charge >= 0.3 is 0 Å². The van der Waals surface area contributed by atoms with E-state index in [4.69, 9.17) is 0 Å². The van der Waals surface area contributed by atoms with Crippen LogP contribution in [0.1, 0.15) is 45.9 Å². The van der Waals surface area contributed by atoms with Crippen molar-refractivity contribution in [1.82, 2.24) is 24.7 Å². The molecule has 0 bridgehead atoms. The van der Waals surface area contributed by atoms with Gasteiger partial charge in [-0.15, -0.1) is 15.3 Å². The fourth-order valence-electron chi connectivity index (χ4n) is 3.33. The van der Waals surface area contributed by atoms with Crippen LogP contribution in [0.2, 0.25) is 0 Å². The number of aryl methyl sites for hydroxylation is 1. The zero-order chi connectivity index (χ0) is 17.8. The van der Waals surface area contributed by atoms with Gasteiger partial charge in [-0.1, -0.05) is 6.92 Å². The number of amides is 1. The van der Waals surface area contributed by atoms with Crippen molar-refractivity contribution in [2.75, 3.05) is 31.1 Å². The molecule has 136 valence electrons. The third kappa shape index (κ3) is 3.91. The summed E-state index contributed by atoms with van der Waals surface area (Å²) >= 11 is 0. The summed E-state index contributed by atoms with van der Waals surface area (Å²) < 4.78 is 1.78. The van der Waals surface area contributed by atoms with E-state index >= 15 is 0 Å². The van der Waals surface area contributed by atoms with Crippen LogP contribution in [0.4, 0.5) is 5.82 Å². The molecule has 0 spiro atoms. The van der Waals surface area contributed by atoms with E-state index in [1.54, 1.807) is 4.52 Å². The van der Waals surface area contributed by atoms with E-state index in [0.717, 1.165) is 62.2 Å². The highest BCUT2D eigenvalue weighted by Gasteiger charge is 2.21. The molecule has 0 radical (unpaired) electrons. The molecule has 0 aliphatic carbocycles. The second-order valence-electron chi connectivity index (χ2n) is 6.81. The number of fused-ring (bicyclic) bond motifs is 1. The summed E-state index contributed by atoms with van der Waals surface area (Å²) in [6.07, 6.45) is 3.25. The van der Waals surface area contributed by atoms with Crippen LogP contribution in [0.25, 0.3) is 5.65 Å². The van der Waals surface area contributed by atoms with Crippen molar-refractivity contribution in [1.29, 1.82) is 0 Å². The fourth-order valence-corrected chi connectivity index (χ4v) is 3.33. The zero-order valence-electron chi connectivity index (χ0n) is 15.5. The van der Waals surface area contributed by atoms with Crippen molar-refractivity contribution in [2.24, 2.45) is 5.92 Å². The van der Waals surface area contributed by atoms with Gasteiger partial charge in [0.1, 0.15) is 5.82 Å². The van der Waals surface area contributed by atoms with Crippen molar-refractivity contribution in [3.8, 4) is 0 Å². The summed E-state index contributed by atoms with van der Waals surface area (Å²) in [7, 11) is 0. The van der Waals surface area contributed by atoms with Crippen LogP contribution in [0.15, 0.2) is 12.1 Å². The largest absolute Gasteiger partial charge is 0.356 e. The second-order valence-corrected chi connectivity index (χ2v) is 6.81. The van der Waals surface area contributed by atoms with Crippen molar-refractivity contribution in [3.05, 3.63) is 18.0 Å². The van der Waals surface area contributed by atoms with E-state index in [2.05, 4.69) is 41.0 Å². The van der Waals surface area contributed by atoms with Gasteiger partial charge in [-0.25, -0.2) is 0 Å². The highest BCUT2D eigenvalue weighted by Crippen LogP contribution is 2.17. The lowest BCUT2D eigenvalue weighted by molar-refractivity contribution is -0.132. The average Bonchev–Trinajstić information content (AvgIpc) is 3.04. The molecule has 0 N–H and O–H groups in total. The lowest BCUT2D eigenvalue weighted by Gasteiger charge is -2.30. The summed E-state index contributed by atoms with van der Waals surface area (Å²) in [4.78, 5) is 16.6. The number of hydrogen-bond acceptors (Lipinski definition) is 5. The van der Waals surface area contributed by atoms with E-state index in [0.29, 0.717) is 12.8 Å². The molecule has 1 aliphatic heterocycles.